The minimum Gasteiger partial charge on any atom is -0.381 e. The number of hydrogen-bond acceptors (Lipinski definition) is 3. The van der Waals surface area contributed by atoms with E-state index in [1.165, 1.54) is 0 Å². The predicted molar refractivity (Wildman–Crippen MR) is 38.5 cm³/mol. The molecule has 0 bridgehead atoms. The highest BCUT2D eigenvalue weighted by atomic mass is 16.3. The molecule has 1 amide bonds. The second-order valence-corrected chi connectivity index (χ2v) is 3.38. The summed E-state index contributed by atoms with van der Waals surface area (Å²) in [5.74, 6) is -0.285. The number of rotatable bonds is 0. The van der Waals surface area contributed by atoms with Gasteiger partial charge < -0.3 is 5.11 Å². The second kappa shape index (κ2) is 2.19. The molecular formula is C7H12N2O2. The molecule has 4 heteroatoms. The van der Waals surface area contributed by atoms with E-state index in [2.05, 4.69) is 10.9 Å². The number of carbonyl (C=O) groups excluding carboxylic acids is 1. The molecule has 11 heavy (non-hydrogen) atoms. The number of amides is 1. The smallest absolute Gasteiger partial charge is 0.264 e. The number of hydrogen-bond donors (Lipinski definition) is 3. The average molecular weight is 156 g/mol. The van der Waals surface area contributed by atoms with E-state index >= 15 is 0 Å². The Kier molecular flexibility index (Phi) is 1.40. The van der Waals surface area contributed by atoms with Crippen LogP contribution in [0, 0.1) is 0 Å². The molecule has 0 aromatic carbocycles. The van der Waals surface area contributed by atoms with Crippen LogP contribution in [0.2, 0.25) is 0 Å². The molecule has 62 valence electrons. The third-order valence-electron chi connectivity index (χ3n) is 2.70. The normalized spacial score (nSPS) is 34.6. The van der Waals surface area contributed by atoms with E-state index in [1.54, 1.807) is 0 Å². The van der Waals surface area contributed by atoms with E-state index in [4.69, 9.17) is 0 Å². The maximum Gasteiger partial charge on any atom is 0.264 e. The Hall–Kier alpha value is -0.610. The van der Waals surface area contributed by atoms with Crippen molar-refractivity contribution in [3.8, 4) is 0 Å². The lowest BCUT2D eigenvalue weighted by Crippen LogP contribution is -2.47. The quantitative estimate of drug-likeness (QED) is 0.434. The van der Waals surface area contributed by atoms with Gasteiger partial charge in [0.25, 0.3) is 5.91 Å². The zero-order valence-electron chi connectivity index (χ0n) is 6.26. The zero-order valence-corrected chi connectivity index (χ0v) is 6.26. The van der Waals surface area contributed by atoms with Crippen LogP contribution >= 0.6 is 0 Å². The van der Waals surface area contributed by atoms with Gasteiger partial charge in [-0.15, -0.1) is 0 Å². The third kappa shape index (κ3) is 0.862. The molecule has 2 aliphatic rings. The fraction of sp³-hybridized carbons (Fsp3) is 0.857. The Labute approximate surface area is 64.9 Å². The summed E-state index contributed by atoms with van der Waals surface area (Å²) in [6.45, 7) is 0. The summed E-state index contributed by atoms with van der Waals surface area (Å²) in [6.07, 6.45) is 3.14. The Morgan fingerprint density at radius 2 is 2.09 bits per heavy atom. The lowest BCUT2D eigenvalue weighted by atomic mass is 9.93. The summed E-state index contributed by atoms with van der Waals surface area (Å²) >= 11 is 0. The Morgan fingerprint density at radius 1 is 1.45 bits per heavy atom. The fourth-order valence-corrected chi connectivity index (χ4v) is 1.98. The fourth-order valence-electron chi connectivity index (χ4n) is 1.98. The van der Waals surface area contributed by atoms with E-state index in [0.29, 0.717) is 0 Å². The van der Waals surface area contributed by atoms with Crippen molar-refractivity contribution in [2.45, 2.75) is 37.3 Å². The first kappa shape index (κ1) is 7.06. The molecule has 1 heterocycles. The van der Waals surface area contributed by atoms with Crippen LogP contribution in [0.25, 0.3) is 0 Å². The maximum atomic E-state index is 10.9. The van der Waals surface area contributed by atoms with Crippen molar-refractivity contribution < 1.29 is 9.90 Å². The van der Waals surface area contributed by atoms with E-state index in [-0.39, 0.29) is 11.4 Å². The lowest BCUT2D eigenvalue weighted by molar-refractivity contribution is -0.127. The third-order valence-corrected chi connectivity index (χ3v) is 2.70. The van der Waals surface area contributed by atoms with Crippen LogP contribution in [-0.4, -0.2) is 22.7 Å². The van der Waals surface area contributed by atoms with Gasteiger partial charge in [0.05, 0.1) is 5.54 Å². The highest BCUT2D eigenvalue weighted by Gasteiger charge is 2.48. The van der Waals surface area contributed by atoms with Gasteiger partial charge in [0.1, 0.15) is 0 Å². The molecule has 1 saturated carbocycles. The van der Waals surface area contributed by atoms with E-state index in [0.717, 1.165) is 25.7 Å². The predicted octanol–water partition coefficient (Wildman–Crippen LogP) is -0.706. The monoisotopic (exact) mass is 156 g/mol. The zero-order chi connectivity index (χ0) is 7.90. The average Bonchev–Trinajstić information content (AvgIpc) is 2.56. The van der Waals surface area contributed by atoms with Gasteiger partial charge in [-0.25, -0.2) is 5.43 Å². The molecule has 1 spiro atoms. The molecule has 1 aliphatic carbocycles. The highest BCUT2D eigenvalue weighted by Crippen LogP contribution is 2.34. The molecule has 1 saturated heterocycles. The van der Waals surface area contributed by atoms with Crippen molar-refractivity contribution in [3.05, 3.63) is 0 Å². The largest absolute Gasteiger partial charge is 0.381 e. The second-order valence-electron chi connectivity index (χ2n) is 3.38. The Balaban J connectivity index is 2.19. The Bertz CT molecular complexity index is 187. The standard InChI is InChI=1S/C7H12N2O2/c10-5-6(11)8-9-7(5)3-1-2-4-7/h5,9-10H,1-4H2,(H,8,11). The summed E-state index contributed by atoms with van der Waals surface area (Å²) in [5, 5.41) is 9.47. The van der Waals surface area contributed by atoms with Gasteiger partial charge in [0.15, 0.2) is 6.10 Å². The van der Waals surface area contributed by atoms with Crippen LogP contribution < -0.4 is 10.9 Å². The van der Waals surface area contributed by atoms with Gasteiger partial charge in [0.2, 0.25) is 0 Å². The molecule has 2 fully saturated rings. The summed E-state index contributed by atoms with van der Waals surface area (Å²) in [6, 6.07) is 0. The lowest BCUT2D eigenvalue weighted by Gasteiger charge is -2.23. The van der Waals surface area contributed by atoms with Crippen molar-refractivity contribution >= 4 is 5.91 Å². The number of hydrazine groups is 1. The molecule has 4 nitrogen and oxygen atoms in total. The first-order valence-corrected chi connectivity index (χ1v) is 4.00. The van der Waals surface area contributed by atoms with Crippen LogP contribution in [-0.2, 0) is 4.79 Å². The van der Waals surface area contributed by atoms with Crippen LogP contribution in [0.15, 0.2) is 0 Å². The van der Waals surface area contributed by atoms with Crippen molar-refractivity contribution in [2.75, 3.05) is 0 Å². The first-order chi connectivity index (χ1) is 5.25. The maximum absolute atomic E-state index is 10.9. The topological polar surface area (TPSA) is 61.4 Å². The summed E-state index contributed by atoms with van der Waals surface area (Å²) < 4.78 is 0. The molecule has 0 radical (unpaired) electrons. The van der Waals surface area contributed by atoms with Gasteiger partial charge in [0, 0.05) is 0 Å². The van der Waals surface area contributed by atoms with E-state index in [9.17, 15) is 9.90 Å². The summed E-state index contributed by atoms with van der Waals surface area (Å²) in [7, 11) is 0. The molecule has 0 aromatic rings. The molecule has 1 unspecified atom stereocenters. The van der Waals surface area contributed by atoms with E-state index in [1.807, 2.05) is 0 Å². The molecular weight excluding hydrogens is 144 g/mol. The molecule has 2 rings (SSSR count). The van der Waals surface area contributed by atoms with Crippen LogP contribution in [0.3, 0.4) is 0 Å². The summed E-state index contributed by atoms with van der Waals surface area (Å²) in [5.41, 5.74) is 5.01. The van der Waals surface area contributed by atoms with Gasteiger partial charge in [-0.2, -0.15) is 0 Å². The number of nitrogens with one attached hydrogen (secondary N) is 2. The van der Waals surface area contributed by atoms with Gasteiger partial charge in [-0.3, -0.25) is 10.2 Å². The van der Waals surface area contributed by atoms with Gasteiger partial charge in [-0.1, -0.05) is 12.8 Å². The van der Waals surface area contributed by atoms with Crippen molar-refractivity contribution in [1.29, 1.82) is 0 Å². The van der Waals surface area contributed by atoms with Crippen molar-refractivity contribution in [1.82, 2.24) is 10.9 Å². The summed E-state index contributed by atoms with van der Waals surface area (Å²) in [4.78, 5) is 10.9. The molecule has 3 N–H and O–H groups in total. The van der Waals surface area contributed by atoms with Crippen molar-refractivity contribution in [2.24, 2.45) is 0 Å². The van der Waals surface area contributed by atoms with Crippen molar-refractivity contribution in [3.63, 3.8) is 0 Å². The molecule has 1 aliphatic heterocycles. The molecule has 1 atom stereocenters. The van der Waals surface area contributed by atoms with Gasteiger partial charge in [-0.05, 0) is 12.8 Å². The minimum atomic E-state index is -0.843. The minimum absolute atomic E-state index is 0.285. The molecule has 0 aromatic heterocycles. The van der Waals surface area contributed by atoms with Crippen LogP contribution in [0.4, 0.5) is 0 Å². The highest BCUT2D eigenvalue weighted by molar-refractivity contribution is 5.84. The number of carbonyl (C=O) groups is 1. The first-order valence-electron chi connectivity index (χ1n) is 4.00. The number of aliphatic hydroxyl groups is 1. The Morgan fingerprint density at radius 3 is 2.55 bits per heavy atom. The van der Waals surface area contributed by atoms with Crippen LogP contribution in [0.1, 0.15) is 25.7 Å². The van der Waals surface area contributed by atoms with Gasteiger partial charge >= 0.3 is 0 Å². The number of aliphatic hydroxyl groups excluding tert-OH is 1. The van der Waals surface area contributed by atoms with E-state index < -0.39 is 6.10 Å². The SMILES string of the molecule is O=C1NNC2(CCCC2)C1O. The van der Waals surface area contributed by atoms with Crippen LogP contribution in [0.5, 0.6) is 0 Å².